The fourth-order valence-corrected chi connectivity index (χ4v) is 3.93. The molecule has 2 aromatic rings. The summed E-state index contributed by atoms with van der Waals surface area (Å²) >= 11 is 0. The SMILES string of the molecule is CCCc1c(C(=O)NCC2CCCO2)c(C2CC2)nn1-c1ccccc1C. The smallest absolute Gasteiger partial charge is 0.255 e. The van der Waals surface area contributed by atoms with Crippen LogP contribution in [0.1, 0.15) is 72.3 Å². The van der Waals surface area contributed by atoms with Gasteiger partial charge in [-0.2, -0.15) is 5.10 Å². The van der Waals surface area contributed by atoms with Gasteiger partial charge < -0.3 is 10.1 Å². The lowest BCUT2D eigenvalue weighted by molar-refractivity contribution is 0.0856. The van der Waals surface area contributed by atoms with Gasteiger partial charge in [0.25, 0.3) is 5.91 Å². The van der Waals surface area contributed by atoms with Crippen molar-refractivity contribution in [2.24, 2.45) is 0 Å². The molecule has 2 fully saturated rings. The van der Waals surface area contributed by atoms with Gasteiger partial charge in [0.05, 0.1) is 28.7 Å². The first-order chi connectivity index (χ1) is 13.2. The number of ether oxygens (including phenoxy) is 1. The lowest BCUT2D eigenvalue weighted by Gasteiger charge is -2.13. The molecule has 1 aliphatic heterocycles. The Morgan fingerprint density at radius 3 is 2.78 bits per heavy atom. The average molecular weight is 367 g/mol. The zero-order valence-corrected chi connectivity index (χ0v) is 16.3. The summed E-state index contributed by atoms with van der Waals surface area (Å²) in [4.78, 5) is 13.2. The summed E-state index contributed by atoms with van der Waals surface area (Å²) in [5.74, 6) is 0.435. The molecule has 1 atom stereocenters. The van der Waals surface area contributed by atoms with E-state index in [4.69, 9.17) is 9.84 Å². The number of nitrogens with zero attached hydrogens (tertiary/aromatic N) is 2. The number of carbonyl (C=O) groups excluding carboxylic acids is 1. The molecule has 144 valence electrons. The van der Waals surface area contributed by atoms with Crippen LogP contribution in [0.4, 0.5) is 0 Å². The van der Waals surface area contributed by atoms with Crippen LogP contribution in [0.15, 0.2) is 24.3 Å². The first-order valence-electron chi connectivity index (χ1n) is 10.3. The summed E-state index contributed by atoms with van der Waals surface area (Å²) in [6, 6.07) is 8.26. The maximum Gasteiger partial charge on any atom is 0.255 e. The Morgan fingerprint density at radius 2 is 2.11 bits per heavy atom. The first kappa shape index (κ1) is 18.2. The van der Waals surface area contributed by atoms with Crippen molar-refractivity contribution in [1.82, 2.24) is 15.1 Å². The zero-order chi connectivity index (χ0) is 18.8. The van der Waals surface area contributed by atoms with Crippen molar-refractivity contribution in [2.45, 2.75) is 64.4 Å². The van der Waals surface area contributed by atoms with Crippen molar-refractivity contribution in [3.05, 3.63) is 46.8 Å². The molecule has 27 heavy (non-hydrogen) atoms. The van der Waals surface area contributed by atoms with Gasteiger partial charge in [-0.1, -0.05) is 31.5 Å². The van der Waals surface area contributed by atoms with Crippen molar-refractivity contribution >= 4 is 5.91 Å². The van der Waals surface area contributed by atoms with Crippen LogP contribution in [0, 0.1) is 6.92 Å². The third kappa shape index (κ3) is 3.79. The number of hydrogen-bond acceptors (Lipinski definition) is 3. The summed E-state index contributed by atoms with van der Waals surface area (Å²) in [7, 11) is 0. The van der Waals surface area contributed by atoms with Crippen LogP contribution < -0.4 is 5.32 Å². The highest BCUT2D eigenvalue weighted by Crippen LogP contribution is 2.42. The zero-order valence-electron chi connectivity index (χ0n) is 16.3. The second-order valence-electron chi connectivity index (χ2n) is 7.77. The number of aryl methyl sites for hydroxylation is 1. The van der Waals surface area contributed by atoms with E-state index in [9.17, 15) is 4.79 Å². The largest absolute Gasteiger partial charge is 0.376 e. The Hall–Kier alpha value is -2.14. The molecular weight excluding hydrogens is 338 g/mol. The van der Waals surface area contributed by atoms with Crippen molar-refractivity contribution in [3.8, 4) is 5.69 Å². The van der Waals surface area contributed by atoms with Crippen LogP contribution in [0.5, 0.6) is 0 Å². The molecule has 4 rings (SSSR count). The highest BCUT2D eigenvalue weighted by Gasteiger charge is 2.35. The minimum Gasteiger partial charge on any atom is -0.376 e. The highest BCUT2D eigenvalue weighted by molar-refractivity contribution is 5.97. The second-order valence-corrected chi connectivity index (χ2v) is 7.77. The molecule has 0 radical (unpaired) electrons. The molecule has 1 unspecified atom stereocenters. The molecule has 0 bridgehead atoms. The third-order valence-electron chi connectivity index (χ3n) is 5.54. The van der Waals surface area contributed by atoms with Gasteiger partial charge >= 0.3 is 0 Å². The molecule has 1 amide bonds. The fourth-order valence-electron chi connectivity index (χ4n) is 3.93. The molecule has 2 heterocycles. The predicted molar refractivity (Wildman–Crippen MR) is 106 cm³/mol. The van der Waals surface area contributed by atoms with Crippen LogP contribution >= 0.6 is 0 Å². The summed E-state index contributed by atoms with van der Waals surface area (Å²) in [6.45, 7) is 5.64. The Bertz CT molecular complexity index is 817. The van der Waals surface area contributed by atoms with E-state index in [2.05, 4.69) is 31.3 Å². The standard InChI is InChI=1S/C22H29N3O2/c1-3-7-19-20(22(26)23-14-17-9-6-13-27-17)21(16-11-12-16)24-25(19)18-10-5-4-8-15(18)2/h4-5,8,10,16-17H,3,6-7,9,11-14H2,1-2H3,(H,23,26). The molecule has 1 saturated heterocycles. The fraction of sp³-hybridized carbons (Fsp3) is 0.545. The highest BCUT2D eigenvalue weighted by atomic mass is 16.5. The molecule has 2 aliphatic rings. The second kappa shape index (κ2) is 7.85. The van der Waals surface area contributed by atoms with Crippen LogP contribution in [0.25, 0.3) is 5.69 Å². The third-order valence-corrected chi connectivity index (χ3v) is 5.54. The lowest BCUT2D eigenvalue weighted by atomic mass is 10.0. The number of nitrogens with one attached hydrogen (secondary N) is 1. The van der Waals surface area contributed by atoms with Gasteiger partial charge in [-0.3, -0.25) is 4.79 Å². The lowest BCUT2D eigenvalue weighted by Crippen LogP contribution is -2.32. The van der Waals surface area contributed by atoms with Crippen molar-refractivity contribution in [3.63, 3.8) is 0 Å². The van der Waals surface area contributed by atoms with E-state index in [1.54, 1.807) is 0 Å². The van der Waals surface area contributed by atoms with Gasteiger partial charge in [0, 0.05) is 19.1 Å². The maximum absolute atomic E-state index is 13.2. The summed E-state index contributed by atoms with van der Waals surface area (Å²) in [6.07, 6.45) is 6.34. The van der Waals surface area contributed by atoms with E-state index in [1.165, 1.54) is 5.56 Å². The average Bonchev–Trinajstić information content (AvgIpc) is 3.25. The molecule has 1 aromatic carbocycles. The molecule has 1 aliphatic carbocycles. The Kier molecular flexibility index (Phi) is 5.30. The van der Waals surface area contributed by atoms with E-state index in [0.29, 0.717) is 12.5 Å². The summed E-state index contributed by atoms with van der Waals surface area (Å²) in [5.41, 5.74) is 5.07. The topological polar surface area (TPSA) is 56.1 Å². The van der Waals surface area contributed by atoms with Crippen molar-refractivity contribution in [2.75, 3.05) is 13.2 Å². The number of carbonyl (C=O) groups is 1. The number of amides is 1. The van der Waals surface area contributed by atoms with E-state index in [-0.39, 0.29) is 12.0 Å². The molecule has 5 heteroatoms. The van der Waals surface area contributed by atoms with Crippen molar-refractivity contribution < 1.29 is 9.53 Å². The van der Waals surface area contributed by atoms with Crippen LogP contribution in [0.2, 0.25) is 0 Å². The molecule has 1 N–H and O–H groups in total. The van der Waals surface area contributed by atoms with Crippen LogP contribution in [-0.2, 0) is 11.2 Å². The number of benzene rings is 1. The Balaban J connectivity index is 1.70. The van der Waals surface area contributed by atoms with Gasteiger partial charge in [0.1, 0.15) is 0 Å². The minimum absolute atomic E-state index is 0.00989. The van der Waals surface area contributed by atoms with E-state index < -0.39 is 0 Å². The van der Waals surface area contributed by atoms with E-state index >= 15 is 0 Å². The number of para-hydroxylation sites is 1. The van der Waals surface area contributed by atoms with Crippen LogP contribution in [-0.4, -0.2) is 34.9 Å². The van der Waals surface area contributed by atoms with Gasteiger partial charge in [-0.25, -0.2) is 4.68 Å². The quantitative estimate of drug-likeness (QED) is 0.807. The predicted octanol–water partition coefficient (Wildman–Crippen LogP) is 3.92. The molecule has 1 saturated carbocycles. The minimum atomic E-state index is 0.00989. The molecule has 0 spiro atoms. The number of aromatic nitrogens is 2. The normalized spacial score (nSPS) is 19.4. The van der Waals surface area contributed by atoms with Crippen LogP contribution in [0.3, 0.4) is 0 Å². The van der Waals surface area contributed by atoms with E-state index in [0.717, 1.165) is 67.8 Å². The van der Waals surface area contributed by atoms with Gasteiger partial charge in [-0.05, 0) is 50.7 Å². The van der Waals surface area contributed by atoms with Gasteiger partial charge in [0.2, 0.25) is 0 Å². The molecular formula is C22H29N3O2. The Morgan fingerprint density at radius 1 is 1.30 bits per heavy atom. The first-order valence-corrected chi connectivity index (χ1v) is 10.3. The Labute approximate surface area is 161 Å². The van der Waals surface area contributed by atoms with Crippen molar-refractivity contribution in [1.29, 1.82) is 0 Å². The number of rotatable bonds is 7. The van der Waals surface area contributed by atoms with Gasteiger partial charge in [-0.15, -0.1) is 0 Å². The molecule has 1 aromatic heterocycles. The summed E-state index contributed by atoms with van der Waals surface area (Å²) < 4.78 is 7.68. The monoisotopic (exact) mass is 367 g/mol. The van der Waals surface area contributed by atoms with E-state index in [1.807, 2.05) is 16.8 Å². The number of hydrogen-bond donors (Lipinski definition) is 1. The molecule has 5 nitrogen and oxygen atoms in total. The van der Waals surface area contributed by atoms with Gasteiger partial charge in [0.15, 0.2) is 0 Å². The summed E-state index contributed by atoms with van der Waals surface area (Å²) in [5, 5.41) is 8.07. The maximum atomic E-state index is 13.2.